The zero-order valence-electron chi connectivity index (χ0n) is 11.6. The number of rotatable bonds is 3. The van der Waals surface area contributed by atoms with Crippen molar-refractivity contribution in [1.82, 2.24) is 19.7 Å². The molecule has 0 saturated carbocycles. The molecule has 2 rings (SSSR count). The number of hydrogen-bond acceptors (Lipinski definition) is 4. The molecular formula is C13H24N4O. The quantitative estimate of drug-likeness (QED) is 0.874. The monoisotopic (exact) mass is 252 g/mol. The van der Waals surface area contributed by atoms with Gasteiger partial charge in [0.15, 0.2) is 0 Å². The third-order valence-corrected chi connectivity index (χ3v) is 3.68. The first-order valence-corrected chi connectivity index (χ1v) is 6.71. The molecule has 102 valence electrons. The maximum Gasteiger partial charge on any atom is 0.129 e. The fraction of sp³-hybridized carbons (Fsp3) is 0.846. The van der Waals surface area contributed by atoms with Gasteiger partial charge in [-0.15, -0.1) is 10.2 Å². The molecule has 0 aromatic carbocycles. The van der Waals surface area contributed by atoms with Crippen LogP contribution in [0, 0.1) is 12.3 Å². The van der Waals surface area contributed by atoms with Crippen molar-refractivity contribution in [2.24, 2.45) is 5.41 Å². The summed E-state index contributed by atoms with van der Waals surface area (Å²) in [7, 11) is 0. The summed E-state index contributed by atoms with van der Waals surface area (Å²) in [6.45, 7) is 10.4. The molecular weight excluding hydrogens is 228 g/mol. The van der Waals surface area contributed by atoms with Crippen LogP contribution in [-0.4, -0.2) is 50.5 Å². The van der Waals surface area contributed by atoms with Gasteiger partial charge in [0.05, 0.1) is 6.10 Å². The van der Waals surface area contributed by atoms with Crippen molar-refractivity contribution in [1.29, 1.82) is 0 Å². The van der Waals surface area contributed by atoms with Gasteiger partial charge >= 0.3 is 0 Å². The molecule has 0 bridgehead atoms. The fourth-order valence-electron chi connectivity index (χ4n) is 2.79. The summed E-state index contributed by atoms with van der Waals surface area (Å²) < 4.78 is 2.08. The number of aryl methyl sites for hydroxylation is 1. The molecule has 18 heavy (non-hydrogen) atoms. The van der Waals surface area contributed by atoms with Gasteiger partial charge in [-0.2, -0.15) is 0 Å². The second-order valence-corrected chi connectivity index (χ2v) is 6.16. The highest BCUT2D eigenvalue weighted by molar-refractivity contribution is 4.84. The Labute approximate surface area is 109 Å². The van der Waals surface area contributed by atoms with Crippen molar-refractivity contribution in [3.05, 3.63) is 12.2 Å². The molecule has 0 aliphatic carbocycles. The van der Waals surface area contributed by atoms with Gasteiger partial charge in [0.1, 0.15) is 12.2 Å². The molecule has 0 spiro atoms. The molecule has 0 radical (unpaired) electrons. The molecule has 1 saturated heterocycles. The molecule has 5 heteroatoms. The molecule has 1 aliphatic rings. The van der Waals surface area contributed by atoms with E-state index in [1.54, 1.807) is 6.33 Å². The Morgan fingerprint density at radius 3 is 2.89 bits per heavy atom. The van der Waals surface area contributed by atoms with Gasteiger partial charge in [0, 0.05) is 26.2 Å². The zero-order valence-corrected chi connectivity index (χ0v) is 11.6. The summed E-state index contributed by atoms with van der Waals surface area (Å²) in [4.78, 5) is 2.44. The highest BCUT2D eigenvalue weighted by Gasteiger charge is 2.28. The lowest BCUT2D eigenvalue weighted by atomic mass is 9.87. The minimum Gasteiger partial charge on any atom is -0.393 e. The smallest absolute Gasteiger partial charge is 0.129 e. The maximum atomic E-state index is 9.89. The number of nitrogens with zero attached hydrogens (tertiary/aromatic N) is 4. The van der Waals surface area contributed by atoms with Crippen LogP contribution in [0.15, 0.2) is 6.33 Å². The van der Waals surface area contributed by atoms with E-state index in [2.05, 4.69) is 33.5 Å². The van der Waals surface area contributed by atoms with E-state index in [0.29, 0.717) is 0 Å². The SMILES string of the molecule is Cc1nncn1CCN1CCC(O)CC(C)(C)C1. The topological polar surface area (TPSA) is 54.2 Å². The number of aliphatic hydroxyl groups is 1. The Kier molecular flexibility index (Phi) is 4.02. The minimum atomic E-state index is -0.151. The van der Waals surface area contributed by atoms with Gasteiger partial charge in [0.2, 0.25) is 0 Å². The highest BCUT2D eigenvalue weighted by atomic mass is 16.3. The Morgan fingerprint density at radius 2 is 2.22 bits per heavy atom. The zero-order chi connectivity index (χ0) is 13.2. The number of aromatic nitrogens is 3. The van der Waals surface area contributed by atoms with Crippen LogP contribution in [0.4, 0.5) is 0 Å². The Hall–Kier alpha value is -0.940. The summed E-state index contributed by atoms with van der Waals surface area (Å²) in [6, 6.07) is 0. The van der Waals surface area contributed by atoms with E-state index in [1.807, 2.05) is 6.92 Å². The summed E-state index contributed by atoms with van der Waals surface area (Å²) in [5.74, 6) is 0.962. The standard InChI is InChI=1S/C13H24N4O/c1-11-15-14-10-17(11)7-6-16-5-4-12(18)8-13(2,3)9-16/h10,12,18H,4-9H2,1-3H3. The van der Waals surface area contributed by atoms with E-state index in [-0.39, 0.29) is 11.5 Å². The summed E-state index contributed by atoms with van der Waals surface area (Å²) in [5.41, 5.74) is 0.193. The van der Waals surface area contributed by atoms with Crippen LogP contribution in [-0.2, 0) is 6.54 Å². The van der Waals surface area contributed by atoms with Crippen molar-refractivity contribution in [3.63, 3.8) is 0 Å². The number of aliphatic hydroxyl groups excluding tert-OH is 1. The van der Waals surface area contributed by atoms with Gasteiger partial charge in [-0.1, -0.05) is 13.8 Å². The van der Waals surface area contributed by atoms with Crippen LogP contribution in [0.25, 0.3) is 0 Å². The van der Waals surface area contributed by atoms with Gasteiger partial charge in [-0.3, -0.25) is 0 Å². The van der Waals surface area contributed by atoms with Crippen LogP contribution in [0.2, 0.25) is 0 Å². The van der Waals surface area contributed by atoms with Crippen molar-refractivity contribution < 1.29 is 5.11 Å². The largest absolute Gasteiger partial charge is 0.393 e. The Morgan fingerprint density at radius 1 is 1.44 bits per heavy atom. The van der Waals surface area contributed by atoms with Crippen LogP contribution >= 0.6 is 0 Å². The minimum absolute atomic E-state index is 0.151. The highest BCUT2D eigenvalue weighted by Crippen LogP contribution is 2.28. The molecule has 2 heterocycles. The molecule has 0 amide bonds. The van der Waals surface area contributed by atoms with E-state index in [4.69, 9.17) is 0 Å². The van der Waals surface area contributed by atoms with Crippen molar-refractivity contribution in [2.75, 3.05) is 19.6 Å². The molecule has 1 aliphatic heterocycles. The van der Waals surface area contributed by atoms with E-state index >= 15 is 0 Å². The summed E-state index contributed by atoms with van der Waals surface area (Å²) >= 11 is 0. The molecule has 1 N–H and O–H groups in total. The predicted molar refractivity (Wildman–Crippen MR) is 70.2 cm³/mol. The lowest BCUT2D eigenvalue weighted by Crippen LogP contribution is -2.35. The van der Waals surface area contributed by atoms with Crippen molar-refractivity contribution in [3.8, 4) is 0 Å². The molecule has 1 aromatic rings. The van der Waals surface area contributed by atoms with Gasteiger partial charge in [-0.25, -0.2) is 0 Å². The van der Waals surface area contributed by atoms with Gasteiger partial charge < -0.3 is 14.6 Å². The van der Waals surface area contributed by atoms with Crippen LogP contribution in [0.3, 0.4) is 0 Å². The van der Waals surface area contributed by atoms with E-state index in [1.165, 1.54) is 0 Å². The molecule has 1 aromatic heterocycles. The first-order valence-electron chi connectivity index (χ1n) is 6.71. The van der Waals surface area contributed by atoms with Crippen LogP contribution < -0.4 is 0 Å². The lowest BCUT2D eigenvalue weighted by Gasteiger charge is -2.29. The lowest BCUT2D eigenvalue weighted by molar-refractivity contribution is 0.121. The Balaban J connectivity index is 1.91. The molecule has 1 fully saturated rings. The third kappa shape index (κ3) is 3.53. The fourth-order valence-corrected chi connectivity index (χ4v) is 2.79. The first-order chi connectivity index (χ1) is 8.46. The summed E-state index contributed by atoms with van der Waals surface area (Å²) in [5, 5.41) is 17.8. The second-order valence-electron chi connectivity index (χ2n) is 6.16. The van der Waals surface area contributed by atoms with Crippen LogP contribution in [0.1, 0.15) is 32.5 Å². The van der Waals surface area contributed by atoms with Gasteiger partial charge in [0.25, 0.3) is 0 Å². The van der Waals surface area contributed by atoms with E-state index in [9.17, 15) is 5.11 Å². The molecule has 1 atom stereocenters. The normalized spacial score (nSPS) is 25.0. The second kappa shape index (κ2) is 5.36. The van der Waals surface area contributed by atoms with Gasteiger partial charge in [-0.05, 0) is 25.2 Å². The predicted octanol–water partition coefficient (Wildman–Crippen LogP) is 1.07. The average Bonchev–Trinajstić information content (AvgIpc) is 2.61. The summed E-state index contributed by atoms with van der Waals surface area (Å²) in [6.07, 6.45) is 3.41. The Bertz CT molecular complexity index is 388. The third-order valence-electron chi connectivity index (χ3n) is 3.68. The molecule has 5 nitrogen and oxygen atoms in total. The molecule has 1 unspecified atom stereocenters. The van der Waals surface area contributed by atoms with Crippen LogP contribution in [0.5, 0.6) is 0 Å². The van der Waals surface area contributed by atoms with Crippen molar-refractivity contribution in [2.45, 2.75) is 46.3 Å². The average molecular weight is 252 g/mol. The first kappa shape index (κ1) is 13.5. The van der Waals surface area contributed by atoms with E-state index in [0.717, 1.165) is 44.8 Å². The van der Waals surface area contributed by atoms with Crippen molar-refractivity contribution >= 4 is 0 Å². The van der Waals surface area contributed by atoms with E-state index < -0.39 is 0 Å². The number of likely N-dealkylation sites (tertiary alicyclic amines) is 1. The number of hydrogen-bond donors (Lipinski definition) is 1. The maximum absolute atomic E-state index is 9.89.